The van der Waals surface area contributed by atoms with Gasteiger partial charge in [0, 0.05) is 31.4 Å². The Balaban J connectivity index is 1.56. The molecule has 1 aliphatic heterocycles. The van der Waals surface area contributed by atoms with Gasteiger partial charge >= 0.3 is 0 Å². The molecule has 1 aliphatic rings. The molecule has 0 radical (unpaired) electrons. The summed E-state index contributed by atoms with van der Waals surface area (Å²) in [5.74, 6) is 0.283. The molecule has 1 saturated heterocycles. The number of para-hydroxylation sites is 1. The predicted octanol–water partition coefficient (Wildman–Crippen LogP) is 2.35. The first kappa shape index (κ1) is 22.7. The fraction of sp³-hybridized carbons (Fsp3) is 0.320. The molecule has 8 nitrogen and oxygen atoms in total. The topological polar surface area (TPSA) is 85.7 Å². The van der Waals surface area contributed by atoms with Crippen LogP contribution in [0.4, 0.5) is 0 Å². The maximum absolute atomic E-state index is 13.0. The molecule has 3 aromatic rings. The molecule has 0 unspecified atom stereocenters. The van der Waals surface area contributed by atoms with E-state index in [1.807, 2.05) is 54.6 Å². The standard InChI is InChI=1S/C25H28N4O4/c1-18-16-23(30)24(27-29(18)20-6-4-3-5-7-20)25(31)26-17-22(28-12-14-33-15-13-28)19-8-10-21(32-2)11-9-19/h3-11,16,22H,12-15,17H2,1-2H3,(H,26,31)/t22-/m0/s1. The molecule has 0 bridgehead atoms. The van der Waals surface area contributed by atoms with E-state index in [4.69, 9.17) is 9.47 Å². The Labute approximate surface area is 192 Å². The lowest BCUT2D eigenvalue weighted by atomic mass is 10.0. The van der Waals surface area contributed by atoms with Crippen molar-refractivity contribution in [1.82, 2.24) is 20.0 Å². The van der Waals surface area contributed by atoms with Gasteiger partial charge in [0.2, 0.25) is 5.43 Å². The highest BCUT2D eigenvalue weighted by molar-refractivity contribution is 5.92. The number of rotatable bonds is 7. The third-order valence-electron chi connectivity index (χ3n) is 5.77. The van der Waals surface area contributed by atoms with E-state index in [1.54, 1.807) is 18.7 Å². The van der Waals surface area contributed by atoms with Gasteiger partial charge in [-0.25, -0.2) is 4.68 Å². The van der Waals surface area contributed by atoms with Crippen LogP contribution in [-0.2, 0) is 4.74 Å². The summed E-state index contributed by atoms with van der Waals surface area (Å²) in [4.78, 5) is 27.9. The van der Waals surface area contributed by atoms with Crippen LogP contribution in [0.2, 0.25) is 0 Å². The van der Waals surface area contributed by atoms with E-state index < -0.39 is 11.3 Å². The molecule has 2 aromatic carbocycles. The van der Waals surface area contributed by atoms with Crippen LogP contribution in [0.5, 0.6) is 5.75 Å². The molecule has 2 heterocycles. The maximum atomic E-state index is 13.0. The van der Waals surface area contributed by atoms with Gasteiger partial charge in [-0.05, 0) is 36.8 Å². The number of nitrogens with one attached hydrogen (secondary N) is 1. The molecule has 0 aliphatic carbocycles. The minimum absolute atomic E-state index is 0.0643. The zero-order valence-electron chi connectivity index (χ0n) is 18.9. The van der Waals surface area contributed by atoms with Crippen molar-refractivity contribution in [1.29, 1.82) is 0 Å². The van der Waals surface area contributed by atoms with Gasteiger partial charge < -0.3 is 14.8 Å². The van der Waals surface area contributed by atoms with Crippen LogP contribution in [0.1, 0.15) is 27.8 Å². The summed E-state index contributed by atoms with van der Waals surface area (Å²) < 4.78 is 12.4. The normalized spacial score (nSPS) is 15.1. The second-order valence-corrected chi connectivity index (χ2v) is 7.89. The summed E-state index contributed by atoms with van der Waals surface area (Å²) >= 11 is 0. The highest BCUT2D eigenvalue weighted by atomic mass is 16.5. The van der Waals surface area contributed by atoms with E-state index in [-0.39, 0.29) is 11.7 Å². The molecular formula is C25H28N4O4. The number of hydrogen-bond donors (Lipinski definition) is 1. The first-order valence-electron chi connectivity index (χ1n) is 11.0. The third kappa shape index (κ3) is 5.30. The van der Waals surface area contributed by atoms with Gasteiger partial charge in [-0.2, -0.15) is 5.10 Å². The van der Waals surface area contributed by atoms with Crippen LogP contribution in [0.15, 0.2) is 65.5 Å². The van der Waals surface area contributed by atoms with Crippen molar-refractivity contribution in [2.45, 2.75) is 13.0 Å². The number of aryl methyl sites for hydroxylation is 1. The third-order valence-corrected chi connectivity index (χ3v) is 5.77. The number of benzene rings is 2. The molecule has 4 rings (SSSR count). The van der Waals surface area contributed by atoms with E-state index in [0.717, 1.165) is 30.1 Å². The number of carbonyl (C=O) groups is 1. The SMILES string of the molecule is COc1ccc([C@H](CNC(=O)c2nn(-c3ccccc3)c(C)cc2=O)N2CCOCC2)cc1. The molecule has 0 spiro atoms. The van der Waals surface area contributed by atoms with Gasteiger partial charge in [0.15, 0.2) is 5.69 Å². The molecule has 1 amide bonds. The fourth-order valence-corrected chi connectivity index (χ4v) is 3.98. The van der Waals surface area contributed by atoms with Crippen LogP contribution in [0.25, 0.3) is 5.69 Å². The Morgan fingerprint density at radius 3 is 2.48 bits per heavy atom. The van der Waals surface area contributed by atoms with Crippen molar-refractivity contribution < 1.29 is 14.3 Å². The Hall–Kier alpha value is -3.49. The number of ether oxygens (including phenoxy) is 2. The zero-order valence-corrected chi connectivity index (χ0v) is 18.9. The van der Waals surface area contributed by atoms with Gasteiger partial charge in [-0.15, -0.1) is 0 Å². The van der Waals surface area contributed by atoms with E-state index in [1.165, 1.54) is 6.07 Å². The number of methoxy groups -OCH3 is 1. The highest BCUT2D eigenvalue weighted by Crippen LogP contribution is 2.23. The number of hydrogen-bond acceptors (Lipinski definition) is 6. The number of carbonyl (C=O) groups excluding carboxylic acids is 1. The average molecular weight is 449 g/mol. The minimum atomic E-state index is -0.489. The van der Waals surface area contributed by atoms with Crippen LogP contribution in [0.3, 0.4) is 0 Å². The Morgan fingerprint density at radius 2 is 1.82 bits per heavy atom. The quantitative estimate of drug-likeness (QED) is 0.597. The average Bonchev–Trinajstić information content (AvgIpc) is 2.85. The van der Waals surface area contributed by atoms with Crippen molar-refractivity contribution in [2.24, 2.45) is 0 Å². The highest BCUT2D eigenvalue weighted by Gasteiger charge is 2.24. The summed E-state index contributed by atoms with van der Waals surface area (Å²) in [7, 11) is 1.63. The number of nitrogens with zero attached hydrogens (tertiary/aromatic N) is 3. The molecular weight excluding hydrogens is 420 g/mol. The molecule has 1 atom stereocenters. The molecule has 172 valence electrons. The van der Waals surface area contributed by atoms with Gasteiger partial charge in [-0.3, -0.25) is 14.5 Å². The van der Waals surface area contributed by atoms with E-state index in [9.17, 15) is 9.59 Å². The minimum Gasteiger partial charge on any atom is -0.497 e. The first-order chi connectivity index (χ1) is 16.1. The number of amides is 1. The monoisotopic (exact) mass is 448 g/mol. The van der Waals surface area contributed by atoms with E-state index in [2.05, 4.69) is 15.3 Å². The largest absolute Gasteiger partial charge is 0.497 e. The lowest BCUT2D eigenvalue weighted by Crippen LogP contribution is -2.44. The van der Waals surface area contributed by atoms with Crippen molar-refractivity contribution in [2.75, 3.05) is 40.0 Å². The van der Waals surface area contributed by atoms with Crippen molar-refractivity contribution >= 4 is 5.91 Å². The second-order valence-electron chi connectivity index (χ2n) is 7.89. The van der Waals surface area contributed by atoms with Crippen molar-refractivity contribution in [3.05, 3.63) is 87.8 Å². The van der Waals surface area contributed by atoms with Gasteiger partial charge in [0.1, 0.15) is 5.75 Å². The van der Waals surface area contributed by atoms with Gasteiger partial charge in [0.25, 0.3) is 5.91 Å². The summed E-state index contributed by atoms with van der Waals surface area (Å²) in [5, 5.41) is 7.30. The second kappa shape index (κ2) is 10.4. The smallest absolute Gasteiger partial charge is 0.275 e. The number of aromatic nitrogens is 2. The van der Waals surface area contributed by atoms with E-state index >= 15 is 0 Å². The first-order valence-corrected chi connectivity index (χ1v) is 11.0. The molecule has 0 saturated carbocycles. The summed E-state index contributed by atoms with van der Waals surface area (Å²) in [5.41, 5.74) is 1.97. The van der Waals surface area contributed by atoms with Crippen molar-refractivity contribution in [3.8, 4) is 11.4 Å². The zero-order chi connectivity index (χ0) is 23.2. The Morgan fingerprint density at radius 1 is 1.12 bits per heavy atom. The van der Waals surface area contributed by atoms with Crippen LogP contribution in [0, 0.1) is 6.92 Å². The van der Waals surface area contributed by atoms with Crippen LogP contribution < -0.4 is 15.5 Å². The van der Waals surface area contributed by atoms with Crippen LogP contribution >= 0.6 is 0 Å². The van der Waals surface area contributed by atoms with Crippen LogP contribution in [-0.4, -0.2) is 60.5 Å². The maximum Gasteiger partial charge on any atom is 0.275 e. The fourth-order valence-electron chi connectivity index (χ4n) is 3.98. The molecule has 1 fully saturated rings. The molecule has 8 heteroatoms. The van der Waals surface area contributed by atoms with Crippen molar-refractivity contribution in [3.63, 3.8) is 0 Å². The van der Waals surface area contributed by atoms with Gasteiger partial charge in [-0.1, -0.05) is 30.3 Å². The lowest BCUT2D eigenvalue weighted by Gasteiger charge is -2.35. The Bertz CT molecular complexity index is 1140. The van der Waals surface area contributed by atoms with Gasteiger partial charge in [0.05, 0.1) is 32.1 Å². The summed E-state index contributed by atoms with van der Waals surface area (Å²) in [6.07, 6.45) is 0. The summed E-state index contributed by atoms with van der Waals surface area (Å²) in [6.45, 7) is 4.93. The lowest BCUT2D eigenvalue weighted by molar-refractivity contribution is 0.0162. The van der Waals surface area contributed by atoms with E-state index in [0.29, 0.717) is 25.5 Å². The molecule has 1 aromatic heterocycles. The predicted molar refractivity (Wildman–Crippen MR) is 125 cm³/mol. The molecule has 1 N–H and O–H groups in total. The Kier molecular flexibility index (Phi) is 7.16. The molecule has 33 heavy (non-hydrogen) atoms. The number of morpholine rings is 1. The summed E-state index contributed by atoms with van der Waals surface area (Å²) in [6, 6.07) is 18.6.